The summed E-state index contributed by atoms with van der Waals surface area (Å²) in [5.74, 6) is 0.103. The van der Waals surface area contributed by atoms with E-state index >= 15 is 0 Å². The van der Waals surface area contributed by atoms with E-state index in [2.05, 4.69) is 43.6 Å². The van der Waals surface area contributed by atoms with E-state index in [1.165, 1.54) is 28.7 Å². The molecule has 0 atom stereocenters. The molecule has 0 spiro atoms. The summed E-state index contributed by atoms with van der Waals surface area (Å²) in [6, 6.07) is 14.6. The molecule has 11 heteroatoms. The van der Waals surface area contributed by atoms with Gasteiger partial charge in [-0.3, -0.25) is 4.57 Å². The fourth-order valence-corrected chi connectivity index (χ4v) is 4.46. The average molecular weight is 485 g/mol. The molecule has 0 saturated carbocycles. The van der Waals surface area contributed by atoms with Crippen LogP contribution in [0.2, 0.25) is 0 Å². The Kier molecular flexibility index (Phi) is 6.75. The minimum atomic E-state index is -4.08. The number of imidazole rings is 1. The monoisotopic (exact) mass is 484 g/mol. The van der Waals surface area contributed by atoms with Gasteiger partial charge in [0.25, 0.3) is 0 Å². The minimum Gasteiger partial charge on any atom is -0.388 e. The number of carbonyl (C=O) groups excluding carboxylic acids is 1. The smallest absolute Gasteiger partial charge is 0.380 e. The molecule has 1 aromatic heterocycles. The molecule has 1 fully saturated rings. The van der Waals surface area contributed by atoms with Gasteiger partial charge >= 0.3 is 16.3 Å². The topological polar surface area (TPSA) is 123 Å². The lowest BCUT2D eigenvalue weighted by Gasteiger charge is -2.37. The summed E-state index contributed by atoms with van der Waals surface area (Å²) in [7, 11) is -0.355. The third-order valence-corrected chi connectivity index (χ3v) is 6.43. The molecular formula is C23H28N6O4S. The van der Waals surface area contributed by atoms with Crippen LogP contribution in [-0.2, 0) is 10.3 Å². The molecule has 180 valence electrons. The van der Waals surface area contributed by atoms with Gasteiger partial charge < -0.3 is 19.3 Å². The molecule has 1 aliphatic rings. The zero-order chi connectivity index (χ0) is 24.3. The van der Waals surface area contributed by atoms with Crippen molar-refractivity contribution in [2.45, 2.75) is 18.9 Å². The maximum Gasteiger partial charge on any atom is 0.380 e. The van der Waals surface area contributed by atoms with Gasteiger partial charge in [0.1, 0.15) is 12.1 Å². The Morgan fingerprint density at radius 2 is 1.76 bits per heavy atom. The summed E-state index contributed by atoms with van der Waals surface area (Å²) >= 11 is 0. The van der Waals surface area contributed by atoms with E-state index in [0.717, 1.165) is 31.6 Å². The summed E-state index contributed by atoms with van der Waals surface area (Å²) < 4.78 is 28.2. The van der Waals surface area contributed by atoms with Crippen LogP contribution < -0.4 is 19.5 Å². The fourth-order valence-electron chi connectivity index (χ4n) is 4.08. The largest absolute Gasteiger partial charge is 0.388 e. The van der Waals surface area contributed by atoms with Crippen molar-refractivity contribution in [1.29, 1.82) is 0 Å². The van der Waals surface area contributed by atoms with E-state index < -0.39 is 10.3 Å². The van der Waals surface area contributed by atoms with E-state index in [0.29, 0.717) is 11.3 Å². The van der Waals surface area contributed by atoms with Crippen LogP contribution in [0.1, 0.15) is 12.8 Å². The van der Waals surface area contributed by atoms with Crippen molar-refractivity contribution in [3.05, 3.63) is 61.1 Å². The number of nitrogens with two attached hydrogens (primary N) is 1. The SMILES string of the molecule is CNc1ccc(N2CCC(N(C)C(=O)n3cnc(-c4ccc(OS(N)(=O)=O)cc4)c3)CC2)cc1. The Balaban J connectivity index is 1.36. The van der Waals surface area contributed by atoms with Gasteiger partial charge in [-0.1, -0.05) is 0 Å². The first-order valence-corrected chi connectivity index (χ1v) is 12.4. The van der Waals surface area contributed by atoms with Crippen LogP contribution in [0.25, 0.3) is 11.3 Å². The van der Waals surface area contributed by atoms with E-state index in [-0.39, 0.29) is 17.8 Å². The van der Waals surface area contributed by atoms with Gasteiger partial charge in [0.15, 0.2) is 0 Å². The first-order chi connectivity index (χ1) is 16.2. The molecule has 0 aliphatic carbocycles. The van der Waals surface area contributed by atoms with Gasteiger partial charge in [-0.2, -0.15) is 13.6 Å². The Morgan fingerprint density at radius 1 is 1.12 bits per heavy atom. The second-order valence-corrected chi connectivity index (χ2v) is 9.33. The standard InChI is InChI=1S/C23H28N6O4S/c1-25-18-5-7-20(8-6-18)28-13-11-19(12-14-28)27(2)23(30)29-15-22(26-16-29)17-3-9-21(10-4-17)33-34(24,31)32/h3-10,15-16,19,25H,11-14H2,1-2H3,(H2,24,31,32). The number of aromatic nitrogens is 2. The third kappa shape index (κ3) is 5.49. The molecule has 3 N–H and O–H groups in total. The predicted molar refractivity (Wildman–Crippen MR) is 131 cm³/mol. The highest BCUT2D eigenvalue weighted by Gasteiger charge is 2.26. The maximum absolute atomic E-state index is 13.0. The molecular weight excluding hydrogens is 456 g/mol. The number of carbonyl (C=O) groups is 1. The zero-order valence-electron chi connectivity index (χ0n) is 19.1. The molecule has 0 bridgehead atoms. The van der Waals surface area contributed by atoms with Crippen LogP contribution in [0.15, 0.2) is 61.1 Å². The van der Waals surface area contributed by atoms with Crippen molar-refractivity contribution in [2.75, 3.05) is 37.4 Å². The summed E-state index contributed by atoms with van der Waals surface area (Å²) in [5, 5.41) is 8.01. The highest BCUT2D eigenvalue weighted by atomic mass is 32.2. The van der Waals surface area contributed by atoms with Crippen molar-refractivity contribution < 1.29 is 17.4 Å². The number of rotatable bonds is 6. The molecule has 0 radical (unpaired) electrons. The van der Waals surface area contributed by atoms with Gasteiger partial charge in [0, 0.05) is 56.4 Å². The van der Waals surface area contributed by atoms with Crippen molar-refractivity contribution in [3.8, 4) is 17.0 Å². The van der Waals surface area contributed by atoms with E-state index in [9.17, 15) is 13.2 Å². The van der Waals surface area contributed by atoms with E-state index in [4.69, 9.17) is 5.14 Å². The quantitative estimate of drug-likeness (QED) is 0.551. The Bertz CT molecular complexity index is 1230. The summed E-state index contributed by atoms with van der Waals surface area (Å²) in [6.45, 7) is 1.76. The minimum absolute atomic E-state index is 0.103. The van der Waals surface area contributed by atoms with E-state index in [1.807, 2.05) is 14.1 Å². The van der Waals surface area contributed by atoms with Crippen molar-refractivity contribution in [2.24, 2.45) is 5.14 Å². The Hall–Kier alpha value is -3.57. The molecule has 4 rings (SSSR count). The van der Waals surface area contributed by atoms with Gasteiger partial charge in [-0.05, 0) is 61.4 Å². The number of nitrogens with one attached hydrogen (secondary N) is 1. The zero-order valence-corrected chi connectivity index (χ0v) is 19.9. The number of hydrogen-bond acceptors (Lipinski definition) is 7. The summed E-state index contributed by atoms with van der Waals surface area (Å²) in [4.78, 5) is 21.5. The lowest BCUT2D eigenvalue weighted by molar-refractivity contribution is 0.181. The Morgan fingerprint density at radius 3 is 2.35 bits per heavy atom. The van der Waals surface area contributed by atoms with Crippen LogP contribution in [-0.4, -0.2) is 62.1 Å². The molecule has 2 heterocycles. The van der Waals surface area contributed by atoms with Crippen LogP contribution in [0, 0.1) is 0 Å². The number of benzene rings is 2. The summed E-state index contributed by atoms with van der Waals surface area (Å²) in [5.41, 5.74) is 3.57. The van der Waals surface area contributed by atoms with Crippen LogP contribution >= 0.6 is 0 Å². The van der Waals surface area contributed by atoms with Gasteiger partial charge in [-0.15, -0.1) is 0 Å². The highest BCUT2D eigenvalue weighted by Crippen LogP contribution is 2.25. The van der Waals surface area contributed by atoms with Crippen molar-refractivity contribution in [3.63, 3.8) is 0 Å². The molecule has 2 aromatic carbocycles. The predicted octanol–water partition coefficient (Wildman–Crippen LogP) is 2.74. The second kappa shape index (κ2) is 9.74. The second-order valence-electron chi connectivity index (χ2n) is 8.18. The van der Waals surface area contributed by atoms with Gasteiger partial charge in [-0.25, -0.2) is 9.78 Å². The number of hydrogen-bond donors (Lipinski definition) is 2. The molecule has 10 nitrogen and oxygen atoms in total. The highest BCUT2D eigenvalue weighted by molar-refractivity contribution is 7.84. The first kappa shape index (κ1) is 23.6. The Labute approximate surface area is 199 Å². The third-order valence-electron chi connectivity index (χ3n) is 6.00. The lowest BCUT2D eigenvalue weighted by atomic mass is 10.0. The van der Waals surface area contributed by atoms with Crippen molar-refractivity contribution in [1.82, 2.24) is 14.5 Å². The molecule has 3 aromatic rings. The number of amides is 1. The number of anilines is 2. The van der Waals surface area contributed by atoms with Gasteiger partial charge in [0.2, 0.25) is 0 Å². The molecule has 1 amide bonds. The molecule has 0 unspecified atom stereocenters. The summed E-state index contributed by atoms with van der Waals surface area (Å²) in [6.07, 6.45) is 4.90. The molecule has 1 aliphatic heterocycles. The van der Waals surface area contributed by atoms with Crippen LogP contribution in [0.3, 0.4) is 0 Å². The lowest BCUT2D eigenvalue weighted by Crippen LogP contribution is -2.46. The van der Waals surface area contributed by atoms with E-state index in [1.54, 1.807) is 23.2 Å². The number of piperidine rings is 1. The molecule has 1 saturated heterocycles. The maximum atomic E-state index is 13.0. The normalized spacial score (nSPS) is 14.6. The van der Waals surface area contributed by atoms with Crippen LogP contribution in [0.5, 0.6) is 5.75 Å². The van der Waals surface area contributed by atoms with Crippen LogP contribution in [0.4, 0.5) is 16.2 Å². The fraction of sp³-hybridized carbons (Fsp3) is 0.304. The first-order valence-electron chi connectivity index (χ1n) is 10.9. The average Bonchev–Trinajstić information content (AvgIpc) is 3.33. The van der Waals surface area contributed by atoms with Crippen molar-refractivity contribution >= 4 is 27.7 Å². The van der Waals surface area contributed by atoms with Gasteiger partial charge in [0.05, 0.1) is 5.69 Å². The number of nitrogens with zero attached hydrogens (tertiary/aromatic N) is 4. The molecule has 34 heavy (non-hydrogen) atoms.